The summed E-state index contributed by atoms with van der Waals surface area (Å²) in [7, 11) is 0. The van der Waals surface area contributed by atoms with Crippen molar-refractivity contribution in [3.63, 3.8) is 0 Å². The van der Waals surface area contributed by atoms with Gasteiger partial charge >= 0.3 is 12.0 Å². The highest BCUT2D eigenvalue weighted by Gasteiger charge is 2.14. The number of amides is 2. The molecule has 0 atom stereocenters. The molecule has 3 N–H and O–H groups in total. The van der Waals surface area contributed by atoms with Crippen molar-refractivity contribution in [3.8, 4) is 16.6 Å². The summed E-state index contributed by atoms with van der Waals surface area (Å²) in [6, 6.07) is 1.63. The largest absolute Gasteiger partial charge is 0.481 e. The minimum Gasteiger partial charge on any atom is -0.481 e. The van der Waals surface area contributed by atoms with Crippen LogP contribution in [-0.4, -0.2) is 33.6 Å². The van der Waals surface area contributed by atoms with Crippen LogP contribution in [-0.2, 0) is 11.2 Å². The van der Waals surface area contributed by atoms with Crippen LogP contribution in [0.5, 0.6) is 0 Å². The Hall–Kier alpha value is -2.51. The normalized spacial score (nSPS) is 10.2. The molecule has 0 aliphatic rings. The number of thiazole rings is 2. The number of urea groups is 1. The van der Waals surface area contributed by atoms with E-state index in [2.05, 4.69) is 26.7 Å². The molecule has 126 valence electrons. The van der Waals surface area contributed by atoms with Gasteiger partial charge in [0.2, 0.25) is 0 Å². The van der Waals surface area contributed by atoms with Gasteiger partial charge in [0.1, 0.15) is 5.01 Å². The lowest BCUT2D eigenvalue weighted by atomic mass is 10.3. The monoisotopic (exact) mass is 365 g/mol. The summed E-state index contributed by atoms with van der Waals surface area (Å²) < 4.78 is 0. The van der Waals surface area contributed by atoms with E-state index in [9.17, 15) is 9.59 Å². The average molecular weight is 365 g/mol. The number of nitrogens with one attached hydrogen (secondary N) is 2. The van der Waals surface area contributed by atoms with E-state index in [0.717, 1.165) is 21.3 Å². The van der Waals surface area contributed by atoms with E-state index in [-0.39, 0.29) is 19.4 Å². The Bertz CT molecular complexity index is 778. The molecule has 2 aromatic rings. The number of rotatable bonds is 7. The molecule has 0 spiro atoms. The Morgan fingerprint density at radius 2 is 2.21 bits per heavy atom. The Labute approximate surface area is 146 Å². The van der Waals surface area contributed by atoms with E-state index in [1.807, 2.05) is 12.3 Å². The molecule has 2 rings (SSSR count). The summed E-state index contributed by atoms with van der Waals surface area (Å²) in [5.41, 5.74) is 1.49. The van der Waals surface area contributed by atoms with Crippen molar-refractivity contribution in [2.75, 3.05) is 11.9 Å². The molecule has 0 aromatic carbocycles. The fourth-order valence-electron chi connectivity index (χ4n) is 1.83. The first kappa shape index (κ1) is 17.8. The summed E-state index contributed by atoms with van der Waals surface area (Å²) in [5, 5.41) is 25.5. The fourth-order valence-corrected chi connectivity index (χ4v) is 3.55. The lowest BCUT2D eigenvalue weighted by Gasteiger charge is -2.03. The van der Waals surface area contributed by atoms with Crippen molar-refractivity contribution in [1.29, 1.82) is 5.26 Å². The van der Waals surface area contributed by atoms with E-state index in [1.165, 1.54) is 22.7 Å². The molecule has 24 heavy (non-hydrogen) atoms. The van der Waals surface area contributed by atoms with Crippen LogP contribution in [0.15, 0.2) is 5.38 Å². The van der Waals surface area contributed by atoms with Crippen LogP contribution in [0.25, 0.3) is 10.6 Å². The third kappa shape index (κ3) is 5.00. The predicted molar refractivity (Wildman–Crippen MR) is 91.2 cm³/mol. The highest BCUT2D eigenvalue weighted by molar-refractivity contribution is 7.19. The zero-order valence-electron chi connectivity index (χ0n) is 12.8. The Kier molecular flexibility index (Phi) is 6.22. The van der Waals surface area contributed by atoms with E-state index >= 15 is 0 Å². The highest BCUT2D eigenvalue weighted by Crippen LogP contribution is 2.33. The maximum atomic E-state index is 11.8. The molecule has 8 nitrogen and oxygen atoms in total. The lowest BCUT2D eigenvalue weighted by molar-refractivity contribution is -0.137. The molecule has 10 heteroatoms. The zero-order chi connectivity index (χ0) is 17.5. The zero-order valence-corrected chi connectivity index (χ0v) is 14.5. The number of carbonyl (C=O) groups excluding carboxylic acids is 1. The Morgan fingerprint density at radius 3 is 2.92 bits per heavy atom. The van der Waals surface area contributed by atoms with Gasteiger partial charge in [0.25, 0.3) is 0 Å². The number of aryl methyl sites for hydroxylation is 1. The van der Waals surface area contributed by atoms with E-state index in [0.29, 0.717) is 11.6 Å². The van der Waals surface area contributed by atoms with Crippen LogP contribution >= 0.6 is 22.7 Å². The Morgan fingerprint density at radius 1 is 1.42 bits per heavy atom. The number of anilines is 1. The maximum Gasteiger partial charge on any atom is 0.321 e. The van der Waals surface area contributed by atoms with Gasteiger partial charge in [-0.25, -0.2) is 14.8 Å². The number of nitrogens with zero attached hydrogens (tertiary/aromatic N) is 3. The molecule has 2 aromatic heterocycles. The molecular weight excluding hydrogens is 350 g/mol. The Balaban J connectivity index is 1.94. The third-order valence-corrected chi connectivity index (χ3v) is 4.83. The number of aromatic nitrogens is 2. The van der Waals surface area contributed by atoms with Crippen molar-refractivity contribution in [2.24, 2.45) is 0 Å². The van der Waals surface area contributed by atoms with Crippen LogP contribution in [0.2, 0.25) is 0 Å². The van der Waals surface area contributed by atoms with Gasteiger partial charge < -0.3 is 10.4 Å². The highest BCUT2D eigenvalue weighted by atomic mass is 32.1. The standard InChI is InChI=1S/C14H15N5O3S2/c1-8-12(9-7-23-10(18-9)4-5-15)24-14(17-8)19-13(22)16-6-2-3-11(20)21/h7H,2-4,6H2,1H3,(H,20,21)(H2,16,17,19,22). The molecule has 0 saturated carbocycles. The second-order valence-electron chi connectivity index (χ2n) is 4.77. The molecule has 2 amide bonds. The van der Waals surface area contributed by atoms with Gasteiger partial charge in [-0.1, -0.05) is 11.3 Å². The third-order valence-electron chi connectivity index (χ3n) is 2.88. The summed E-state index contributed by atoms with van der Waals surface area (Å²) in [6.07, 6.45) is 0.646. The quantitative estimate of drug-likeness (QED) is 0.647. The van der Waals surface area contributed by atoms with Gasteiger partial charge in [-0.3, -0.25) is 10.1 Å². The number of aliphatic carboxylic acids is 1. The van der Waals surface area contributed by atoms with Crippen LogP contribution in [0.1, 0.15) is 23.5 Å². The van der Waals surface area contributed by atoms with Crippen molar-refractivity contribution in [2.45, 2.75) is 26.2 Å². The summed E-state index contributed by atoms with van der Waals surface area (Å²) in [5.74, 6) is -0.892. The lowest BCUT2D eigenvalue weighted by Crippen LogP contribution is -2.29. The predicted octanol–water partition coefficient (Wildman–Crippen LogP) is 2.63. The molecule has 0 saturated heterocycles. The number of carbonyl (C=O) groups is 2. The van der Waals surface area contributed by atoms with Gasteiger partial charge in [0.15, 0.2) is 5.13 Å². The first-order valence-electron chi connectivity index (χ1n) is 7.05. The van der Waals surface area contributed by atoms with Crippen molar-refractivity contribution in [1.82, 2.24) is 15.3 Å². The molecule has 0 bridgehead atoms. The van der Waals surface area contributed by atoms with Gasteiger partial charge in [0, 0.05) is 18.3 Å². The van der Waals surface area contributed by atoms with Crippen molar-refractivity contribution in [3.05, 3.63) is 16.1 Å². The number of nitriles is 1. The van der Waals surface area contributed by atoms with Crippen LogP contribution < -0.4 is 10.6 Å². The van der Waals surface area contributed by atoms with Gasteiger partial charge in [-0.05, 0) is 13.3 Å². The van der Waals surface area contributed by atoms with E-state index in [4.69, 9.17) is 10.4 Å². The maximum absolute atomic E-state index is 11.8. The number of hydrogen-bond donors (Lipinski definition) is 3. The topological polar surface area (TPSA) is 128 Å². The summed E-state index contributed by atoms with van der Waals surface area (Å²) in [4.78, 5) is 31.7. The van der Waals surface area contributed by atoms with Crippen LogP contribution in [0, 0.1) is 18.3 Å². The minimum atomic E-state index is -0.892. The molecule has 0 unspecified atom stereocenters. The second-order valence-corrected chi connectivity index (χ2v) is 6.71. The smallest absolute Gasteiger partial charge is 0.321 e. The van der Waals surface area contributed by atoms with Gasteiger partial charge in [-0.15, -0.1) is 11.3 Å². The summed E-state index contributed by atoms with van der Waals surface area (Å²) >= 11 is 2.71. The van der Waals surface area contributed by atoms with Gasteiger partial charge in [-0.2, -0.15) is 5.26 Å². The number of hydrogen-bond acceptors (Lipinski definition) is 7. The summed E-state index contributed by atoms with van der Waals surface area (Å²) in [6.45, 7) is 2.10. The van der Waals surface area contributed by atoms with Crippen LogP contribution in [0.3, 0.4) is 0 Å². The molecule has 0 aliphatic heterocycles. The van der Waals surface area contributed by atoms with E-state index < -0.39 is 12.0 Å². The van der Waals surface area contributed by atoms with Gasteiger partial charge in [0.05, 0.1) is 28.8 Å². The molecule has 0 radical (unpaired) electrons. The SMILES string of the molecule is Cc1nc(NC(=O)NCCCC(=O)O)sc1-c1csc(CC#N)n1. The number of carboxylic acid groups (broad SMARTS) is 1. The average Bonchev–Trinajstić information content (AvgIpc) is 3.10. The molecule has 0 fully saturated rings. The minimum absolute atomic E-state index is 0.00957. The molecule has 0 aliphatic carbocycles. The fraction of sp³-hybridized carbons (Fsp3) is 0.357. The second kappa shape index (κ2) is 8.37. The van der Waals surface area contributed by atoms with Crippen molar-refractivity contribution >= 4 is 39.8 Å². The number of carboxylic acids is 1. The molecular formula is C14H15N5O3S2. The first-order chi connectivity index (χ1) is 11.5. The van der Waals surface area contributed by atoms with Crippen LogP contribution in [0.4, 0.5) is 9.93 Å². The van der Waals surface area contributed by atoms with Crippen molar-refractivity contribution < 1.29 is 14.7 Å². The first-order valence-corrected chi connectivity index (χ1v) is 8.75. The van der Waals surface area contributed by atoms with E-state index in [1.54, 1.807) is 0 Å². The molecule has 2 heterocycles.